The van der Waals surface area contributed by atoms with Crippen molar-refractivity contribution in [3.8, 4) is 0 Å². The Morgan fingerprint density at radius 2 is 1.37 bits per heavy atom. The molecule has 0 spiro atoms. The second-order valence-electron chi connectivity index (χ2n) is 7.65. The van der Waals surface area contributed by atoms with Crippen LogP contribution in [0.1, 0.15) is 58.2 Å². The van der Waals surface area contributed by atoms with Crippen molar-refractivity contribution < 1.29 is 0 Å². The summed E-state index contributed by atoms with van der Waals surface area (Å²) in [6.45, 7) is 16.2. The lowest BCUT2D eigenvalue weighted by molar-refractivity contribution is 0.528. The molecule has 102 valence electrons. The predicted octanol–water partition coefficient (Wildman–Crippen LogP) is 5.74. The molecule has 0 aliphatic rings. The normalized spacial score (nSPS) is 13.0. The summed E-state index contributed by atoms with van der Waals surface area (Å²) in [4.78, 5) is 0. The van der Waals surface area contributed by atoms with E-state index in [2.05, 4.69) is 78.8 Å². The molecule has 0 saturated carbocycles. The minimum Gasteiger partial charge on any atom is -0.0616 e. The van der Waals surface area contributed by atoms with E-state index in [1.807, 2.05) is 0 Å². The van der Waals surface area contributed by atoms with Gasteiger partial charge in [-0.15, -0.1) is 0 Å². The lowest BCUT2D eigenvalue weighted by Gasteiger charge is -2.32. The molecule has 0 heterocycles. The van der Waals surface area contributed by atoms with Crippen molar-refractivity contribution in [3.05, 3.63) is 47.0 Å². The van der Waals surface area contributed by atoms with E-state index in [9.17, 15) is 0 Å². The van der Waals surface area contributed by atoms with Gasteiger partial charge in [0.1, 0.15) is 0 Å². The molecule has 0 unspecified atom stereocenters. The number of fused-ring (bicyclic) bond motifs is 1. The Morgan fingerprint density at radius 1 is 0.789 bits per heavy atom. The summed E-state index contributed by atoms with van der Waals surface area (Å²) >= 11 is 0. The molecule has 0 heteroatoms. The summed E-state index contributed by atoms with van der Waals surface area (Å²) in [7, 11) is 0. The van der Waals surface area contributed by atoms with Gasteiger partial charge in [-0.25, -0.2) is 0 Å². The van der Waals surface area contributed by atoms with E-state index < -0.39 is 0 Å². The minimum absolute atomic E-state index is 0.177. The van der Waals surface area contributed by atoms with Crippen LogP contribution in [-0.4, -0.2) is 0 Å². The summed E-state index contributed by atoms with van der Waals surface area (Å²) in [5.74, 6) is 0. The van der Waals surface area contributed by atoms with Crippen LogP contribution in [0, 0.1) is 6.92 Å². The molecular weight excluding hydrogens is 228 g/mol. The SMILES string of the molecule is Cc1c(C(C)(C)C)c(C(C)(C)C)cc2ccccc12. The maximum Gasteiger partial charge on any atom is -0.0126 e. The van der Waals surface area contributed by atoms with E-state index in [0.717, 1.165) is 0 Å². The Balaban J connectivity index is 2.93. The zero-order chi connectivity index (χ0) is 14.4. The molecule has 0 fully saturated rings. The molecular formula is C19H26. The first-order chi connectivity index (χ1) is 8.62. The molecule has 2 aromatic carbocycles. The Bertz CT molecular complexity index is 604. The zero-order valence-electron chi connectivity index (χ0n) is 13.4. The molecule has 0 N–H and O–H groups in total. The first-order valence-corrected chi connectivity index (χ1v) is 7.15. The number of aryl methyl sites for hydroxylation is 1. The highest BCUT2D eigenvalue weighted by molar-refractivity contribution is 5.88. The molecule has 0 aliphatic carbocycles. The fraction of sp³-hybridized carbons (Fsp3) is 0.474. The second-order valence-corrected chi connectivity index (χ2v) is 7.65. The molecule has 19 heavy (non-hydrogen) atoms. The molecule has 0 radical (unpaired) electrons. The Kier molecular flexibility index (Phi) is 3.24. The van der Waals surface area contributed by atoms with Crippen molar-refractivity contribution in [1.29, 1.82) is 0 Å². The van der Waals surface area contributed by atoms with Crippen LogP contribution in [0.5, 0.6) is 0 Å². The smallest absolute Gasteiger partial charge is 0.0126 e. The summed E-state index contributed by atoms with van der Waals surface area (Å²) in [6.07, 6.45) is 0. The van der Waals surface area contributed by atoms with Gasteiger partial charge in [-0.05, 0) is 45.2 Å². The van der Waals surface area contributed by atoms with E-state index in [-0.39, 0.29) is 10.8 Å². The minimum atomic E-state index is 0.177. The van der Waals surface area contributed by atoms with Gasteiger partial charge in [0.15, 0.2) is 0 Å². The lowest BCUT2D eigenvalue weighted by atomic mass is 9.72. The standard InChI is InChI=1S/C19H26/c1-13-15-11-9-8-10-14(15)12-16(18(2,3)4)17(13)19(5,6)7/h8-12H,1-7H3. The number of rotatable bonds is 0. The van der Waals surface area contributed by atoms with Crippen molar-refractivity contribution in [2.75, 3.05) is 0 Å². The second kappa shape index (κ2) is 4.37. The van der Waals surface area contributed by atoms with Crippen molar-refractivity contribution >= 4 is 10.8 Å². The third-order valence-electron chi connectivity index (χ3n) is 3.87. The van der Waals surface area contributed by atoms with E-state index >= 15 is 0 Å². The van der Waals surface area contributed by atoms with Gasteiger partial charge in [0.25, 0.3) is 0 Å². The van der Waals surface area contributed by atoms with Gasteiger partial charge < -0.3 is 0 Å². The van der Waals surface area contributed by atoms with E-state index in [1.54, 1.807) is 0 Å². The predicted molar refractivity (Wildman–Crippen MR) is 86.1 cm³/mol. The summed E-state index contributed by atoms with van der Waals surface area (Å²) in [5, 5.41) is 2.75. The molecule has 0 bridgehead atoms. The van der Waals surface area contributed by atoms with E-state index in [4.69, 9.17) is 0 Å². The highest BCUT2D eigenvalue weighted by Crippen LogP contribution is 2.39. The van der Waals surface area contributed by atoms with Crippen LogP contribution in [0.25, 0.3) is 10.8 Å². The highest BCUT2D eigenvalue weighted by atomic mass is 14.3. The fourth-order valence-corrected chi connectivity index (χ4v) is 3.09. The molecule has 2 aromatic rings. The largest absolute Gasteiger partial charge is 0.0616 e. The Labute approximate surface area is 117 Å². The van der Waals surface area contributed by atoms with Crippen LogP contribution in [-0.2, 0) is 10.8 Å². The number of hydrogen-bond acceptors (Lipinski definition) is 0. The van der Waals surface area contributed by atoms with Crippen LogP contribution >= 0.6 is 0 Å². The van der Waals surface area contributed by atoms with Gasteiger partial charge >= 0.3 is 0 Å². The summed E-state index contributed by atoms with van der Waals surface area (Å²) in [6, 6.07) is 11.1. The summed E-state index contributed by atoms with van der Waals surface area (Å²) in [5.41, 5.74) is 4.79. The first kappa shape index (κ1) is 14.1. The third kappa shape index (κ3) is 2.54. The number of hydrogen-bond donors (Lipinski definition) is 0. The Morgan fingerprint density at radius 3 is 1.89 bits per heavy atom. The highest BCUT2D eigenvalue weighted by Gasteiger charge is 2.27. The van der Waals surface area contributed by atoms with Crippen molar-refractivity contribution in [2.45, 2.75) is 59.3 Å². The fourth-order valence-electron chi connectivity index (χ4n) is 3.09. The van der Waals surface area contributed by atoms with Gasteiger partial charge in [-0.1, -0.05) is 71.9 Å². The van der Waals surface area contributed by atoms with Gasteiger partial charge in [-0.3, -0.25) is 0 Å². The monoisotopic (exact) mass is 254 g/mol. The van der Waals surface area contributed by atoms with Crippen LogP contribution in [0.3, 0.4) is 0 Å². The van der Waals surface area contributed by atoms with Gasteiger partial charge in [0.05, 0.1) is 0 Å². The quantitative estimate of drug-likeness (QED) is 0.562. The molecule has 0 aliphatic heterocycles. The molecule has 0 atom stereocenters. The van der Waals surface area contributed by atoms with Crippen LogP contribution in [0.15, 0.2) is 30.3 Å². The van der Waals surface area contributed by atoms with Crippen LogP contribution in [0.2, 0.25) is 0 Å². The van der Waals surface area contributed by atoms with Crippen LogP contribution < -0.4 is 0 Å². The van der Waals surface area contributed by atoms with Crippen molar-refractivity contribution in [1.82, 2.24) is 0 Å². The summed E-state index contributed by atoms with van der Waals surface area (Å²) < 4.78 is 0. The van der Waals surface area contributed by atoms with Gasteiger partial charge in [0, 0.05) is 0 Å². The van der Waals surface area contributed by atoms with E-state index in [0.29, 0.717) is 0 Å². The third-order valence-corrected chi connectivity index (χ3v) is 3.87. The first-order valence-electron chi connectivity index (χ1n) is 7.15. The van der Waals surface area contributed by atoms with Gasteiger partial charge in [-0.2, -0.15) is 0 Å². The molecule has 2 rings (SSSR count). The maximum atomic E-state index is 2.39. The van der Waals surface area contributed by atoms with Crippen molar-refractivity contribution in [3.63, 3.8) is 0 Å². The zero-order valence-corrected chi connectivity index (χ0v) is 13.4. The van der Waals surface area contributed by atoms with E-state index in [1.165, 1.54) is 27.5 Å². The molecule has 0 amide bonds. The molecule has 0 aromatic heterocycles. The lowest BCUT2D eigenvalue weighted by Crippen LogP contribution is -2.23. The van der Waals surface area contributed by atoms with Crippen molar-refractivity contribution in [2.24, 2.45) is 0 Å². The topological polar surface area (TPSA) is 0 Å². The molecule has 0 nitrogen and oxygen atoms in total. The Hall–Kier alpha value is -1.30. The number of benzene rings is 2. The maximum absolute atomic E-state index is 2.39. The average molecular weight is 254 g/mol. The van der Waals surface area contributed by atoms with Crippen LogP contribution in [0.4, 0.5) is 0 Å². The average Bonchev–Trinajstić information content (AvgIpc) is 2.26. The van der Waals surface area contributed by atoms with Gasteiger partial charge in [0.2, 0.25) is 0 Å². The molecule has 0 saturated heterocycles.